The summed E-state index contributed by atoms with van der Waals surface area (Å²) in [5.41, 5.74) is 0. The Balaban J connectivity index is 2.09. The van der Waals surface area contributed by atoms with Crippen molar-refractivity contribution in [3.8, 4) is 0 Å². The minimum atomic E-state index is 0.206. The summed E-state index contributed by atoms with van der Waals surface area (Å²) in [6.07, 6.45) is 7.21. The predicted octanol–water partition coefficient (Wildman–Crippen LogP) is 2.54. The van der Waals surface area contributed by atoms with Crippen LogP contribution in [0.2, 0.25) is 0 Å². The first-order valence-corrected chi connectivity index (χ1v) is 5.24. The highest BCUT2D eigenvalue weighted by molar-refractivity contribution is 5.59. The Morgan fingerprint density at radius 3 is 3.20 bits per heavy atom. The summed E-state index contributed by atoms with van der Waals surface area (Å²) in [6, 6.07) is 3.81. The van der Waals surface area contributed by atoms with Gasteiger partial charge in [-0.3, -0.25) is 0 Å². The number of furan rings is 1. The summed E-state index contributed by atoms with van der Waals surface area (Å²) in [4.78, 5) is 0. The molecule has 3 nitrogen and oxygen atoms in total. The highest BCUT2D eigenvalue weighted by atomic mass is 16.5. The zero-order valence-electron chi connectivity index (χ0n) is 8.63. The second kappa shape index (κ2) is 4.34. The first-order valence-electron chi connectivity index (χ1n) is 5.24. The van der Waals surface area contributed by atoms with Gasteiger partial charge in [0.2, 0.25) is 0 Å². The van der Waals surface area contributed by atoms with Gasteiger partial charge in [-0.1, -0.05) is 6.08 Å². The van der Waals surface area contributed by atoms with Crippen LogP contribution in [0.5, 0.6) is 0 Å². The smallest absolute Gasteiger partial charge is 0.163 e. The molecule has 0 spiro atoms. The fourth-order valence-corrected chi connectivity index (χ4v) is 2.10. The van der Waals surface area contributed by atoms with Crippen molar-refractivity contribution in [2.75, 3.05) is 6.54 Å². The van der Waals surface area contributed by atoms with Crippen LogP contribution in [0, 0.1) is 11.1 Å². The topological polar surface area (TPSA) is 39.2 Å². The van der Waals surface area contributed by atoms with Crippen molar-refractivity contribution in [2.45, 2.75) is 18.8 Å². The van der Waals surface area contributed by atoms with Crippen LogP contribution in [0.15, 0.2) is 35.5 Å². The van der Waals surface area contributed by atoms with E-state index in [9.17, 15) is 5.21 Å². The quantitative estimate of drug-likeness (QED) is 0.430. The van der Waals surface area contributed by atoms with E-state index in [0.717, 1.165) is 23.3 Å². The minimum Gasteiger partial charge on any atom is -0.624 e. The molecule has 0 unspecified atom stereocenters. The molecule has 1 aromatic heterocycles. The maximum atomic E-state index is 11.3. The van der Waals surface area contributed by atoms with Gasteiger partial charge in [0, 0.05) is 0 Å². The van der Waals surface area contributed by atoms with Crippen LogP contribution in [-0.4, -0.2) is 17.5 Å². The lowest BCUT2D eigenvalue weighted by Gasteiger charge is -2.10. The summed E-state index contributed by atoms with van der Waals surface area (Å²) in [5.74, 6) is 1.41. The fraction of sp³-hybridized carbons (Fsp3) is 0.417. The monoisotopic (exact) mass is 205 g/mol. The van der Waals surface area contributed by atoms with Gasteiger partial charge in [-0.15, -0.1) is 6.58 Å². The van der Waals surface area contributed by atoms with Crippen LogP contribution in [0.4, 0.5) is 0 Å². The van der Waals surface area contributed by atoms with E-state index >= 15 is 0 Å². The van der Waals surface area contributed by atoms with Crippen molar-refractivity contribution < 1.29 is 9.16 Å². The van der Waals surface area contributed by atoms with Gasteiger partial charge in [0.05, 0.1) is 18.1 Å². The van der Waals surface area contributed by atoms with Gasteiger partial charge in [0.25, 0.3) is 0 Å². The molecule has 2 atom stereocenters. The van der Waals surface area contributed by atoms with E-state index in [2.05, 4.69) is 6.58 Å². The normalized spacial score (nSPS) is 25.2. The third-order valence-electron chi connectivity index (χ3n) is 2.86. The van der Waals surface area contributed by atoms with Crippen LogP contribution in [-0.2, 0) is 0 Å². The van der Waals surface area contributed by atoms with E-state index in [-0.39, 0.29) is 11.8 Å². The second-order valence-corrected chi connectivity index (χ2v) is 3.90. The maximum Gasteiger partial charge on any atom is 0.163 e. The van der Waals surface area contributed by atoms with Gasteiger partial charge in [-0.25, -0.2) is 4.74 Å². The van der Waals surface area contributed by atoms with E-state index < -0.39 is 0 Å². The summed E-state index contributed by atoms with van der Waals surface area (Å²) >= 11 is 0. The minimum absolute atomic E-state index is 0.206. The van der Waals surface area contributed by atoms with E-state index in [4.69, 9.17) is 4.42 Å². The van der Waals surface area contributed by atoms with Crippen molar-refractivity contribution in [1.29, 1.82) is 0 Å². The molecule has 0 aliphatic carbocycles. The lowest BCUT2D eigenvalue weighted by atomic mass is 9.90. The molecule has 3 heteroatoms. The Morgan fingerprint density at radius 2 is 2.53 bits per heavy atom. The van der Waals surface area contributed by atoms with Crippen molar-refractivity contribution in [3.05, 3.63) is 42.0 Å². The molecule has 15 heavy (non-hydrogen) atoms. The van der Waals surface area contributed by atoms with E-state index in [0.29, 0.717) is 6.54 Å². The molecule has 1 aromatic rings. The SMILES string of the molecule is C=CCC[C@H]1C=[N+]([O-])C[C@@H]1c1ccco1. The predicted molar refractivity (Wildman–Crippen MR) is 58.9 cm³/mol. The number of hydrogen-bond acceptors (Lipinski definition) is 2. The number of hydrogen-bond donors (Lipinski definition) is 0. The Kier molecular flexibility index (Phi) is 2.90. The standard InChI is InChI=1S/C12H15NO2/c1-2-3-5-10-8-13(14)9-11(10)12-6-4-7-15-12/h2,4,6-8,10-11H,1,3,5,9H2/t10-,11-/m0/s1. The van der Waals surface area contributed by atoms with Crippen molar-refractivity contribution in [2.24, 2.45) is 5.92 Å². The molecule has 0 bridgehead atoms. The van der Waals surface area contributed by atoms with Gasteiger partial charge >= 0.3 is 0 Å². The molecule has 0 aromatic carbocycles. The van der Waals surface area contributed by atoms with Crippen molar-refractivity contribution in [3.63, 3.8) is 0 Å². The lowest BCUT2D eigenvalue weighted by Crippen LogP contribution is -2.11. The third kappa shape index (κ3) is 2.12. The molecule has 80 valence electrons. The summed E-state index contributed by atoms with van der Waals surface area (Å²) in [6.45, 7) is 4.21. The third-order valence-corrected chi connectivity index (χ3v) is 2.86. The van der Waals surface area contributed by atoms with Crippen LogP contribution in [0.25, 0.3) is 0 Å². The average molecular weight is 205 g/mol. The number of rotatable bonds is 4. The van der Waals surface area contributed by atoms with Gasteiger partial charge in [0.15, 0.2) is 12.8 Å². The Bertz CT molecular complexity index is 354. The summed E-state index contributed by atoms with van der Waals surface area (Å²) in [5, 5.41) is 11.3. The molecule has 0 saturated heterocycles. The largest absolute Gasteiger partial charge is 0.624 e. The Morgan fingerprint density at radius 1 is 1.67 bits per heavy atom. The van der Waals surface area contributed by atoms with Crippen molar-refractivity contribution in [1.82, 2.24) is 0 Å². The molecule has 0 amide bonds. The molecule has 0 saturated carbocycles. The maximum absolute atomic E-state index is 11.3. The molecule has 1 aliphatic rings. The molecule has 0 radical (unpaired) electrons. The summed E-state index contributed by atoms with van der Waals surface area (Å²) in [7, 11) is 0. The zero-order chi connectivity index (χ0) is 10.7. The Hall–Kier alpha value is -1.51. The van der Waals surface area contributed by atoms with Crippen molar-refractivity contribution >= 4 is 6.21 Å². The van der Waals surface area contributed by atoms with Crippen LogP contribution in [0.3, 0.4) is 0 Å². The van der Waals surface area contributed by atoms with Crippen LogP contribution < -0.4 is 0 Å². The summed E-state index contributed by atoms with van der Waals surface area (Å²) < 4.78 is 6.38. The van der Waals surface area contributed by atoms with Crippen LogP contribution >= 0.6 is 0 Å². The van der Waals surface area contributed by atoms with Gasteiger partial charge in [-0.05, 0) is 25.0 Å². The fourth-order valence-electron chi connectivity index (χ4n) is 2.10. The first-order chi connectivity index (χ1) is 7.31. The number of allylic oxidation sites excluding steroid dienone is 1. The average Bonchev–Trinajstić information content (AvgIpc) is 2.83. The number of hydroxylamine groups is 1. The highest BCUT2D eigenvalue weighted by Crippen LogP contribution is 2.31. The van der Waals surface area contributed by atoms with Crippen LogP contribution in [0.1, 0.15) is 24.5 Å². The van der Waals surface area contributed by atoms with Gasteiger partial charge in [-0.2, -0.15) is 0 Å². The Labute approximate surface area is 89.3 Å². The molecule has 0 N–H and O–H groups in total. The van der Waals surface area contributed by atoms with E-state index in [1.807, 2.05) is 18.2 Å². The first kappa shape index (κ1) is 10.0. The van der Waals surface area contributed by atoms with E-state index in [1.54, 1.807) is 12.5 Å². The molecular formula is C12H15NO2. The highest BCUT2D eigenvalue weighted by Gasteiger charge is 2.34. The lowest BCUT2D eigenvalue weighted by molar-refractivity contribution is -0.446. The van der Waals surface area contributed by atoms with Gasteiger partial charge < -0.3 is 9.62 Å². The molecule has 1 aliphatic heterocycles. The van der Waals surface area contributed by atoms with E-state index in [1.165, 1.54) is 0 Å². The molecule has 2 heterocycles. The zero-order valence-corrected chi connectivity index (χ0v) is 8.63. The molecule has 0 fully saturated rings. The number of nitrogens with zero attached hydrogens (tertiary/aromatic N) is 1. The molecular weight excluding hydrogens is 190 g/mol. The second-order valence-electron chi connectivity index (χ2n) is 3.90. The molecule has 2 rings (SSSR count). The van der Waals surface area contributed by atoms with Gasteiger partial charge in [0.1, 0.15) is 5.76 Å².